The van der Waals surface area contributed by atoms with Gasteiger partial charge in [-0.15, -0.1) is 0 Å². The number of amides is 1. The van der Waals surface area contributed by atoms with Crippen LogP contribution >= 0.6 is 0 Å². The van der Waals surface area contributed by atoms with Crippen molar-refractivity contribution in [1.29, 1.82) is 0 Å². The van der Waals surface area contributed by atoms with Gasteiger partial charge in [-0.05, 0) is 55.5 Å². The second kappa shape index (κ2) is 7.82. The van der Waals surface area contributed by atoms with Crippen molar-refractivity contribution >= 4 is 5.91 Å². The predicted octanol–water partition coefficient (Wildman–Crippen LogP) is 3.77. The minimum atomic E-state index is -0.370. The monoisotopic (exact) mass is 354 g/mol. The molecule has 0 saturated heterocycles. The van der Waals surface area contributed by atoms with Gasteiger partial charge in [0.25, 0.3) is 5.91 Å². The number of hydrogen-bond donors (Lipinski definition) is 1. The standard InChI is InChI=1S/C20H19FN2O3/c1-13-18(11-12-22-19(24)14-3-7-16(21)8-4-14)23-20(26-13)15-5-9-17(25-2)10-6-15/h3-10H,11-12H2,1-2H3,(H,22,24). The highest BCUT2D eigenvalue weighted by atomic mass is 19.1. The summed E-state index contributed by atoms with van der Waals surface area (Å²) in [7, 11) is 1.61. The number of rotatable bonds is 6. The highest BCUT2D eigenvalue weighted by Gasteiger charge is 2.12. The van der Waals surface area contributed by atoms with Crippen molar-refractivity contribution in [1.82, 2.24) is 10.3 Å². The van der Waals surface area contributed by atoms with Crippen molar-refractivity contribution < 1.29 is 18.3 Å². The van der Waals surface area contributed by atoms with Crippen LogP contribution in [-0.4, -0.2) is 24.5 Å². The summed E-state index contributed by atoms with van der Waals surface area (Å²) in [4.78, 5) is 16.5. The largest absolute Gasteiger partial charge is 0.497 e. The number of methoxy groups -OCH3 is 1. The molecule has 6 heteroatoms. The van der Waals surface area contributed by atoms with Gasteiger partial charge in [0, 0.05) is 24.1 Å². The highest BCUT2D eigenvalue weighted by Crippen LogP contribution is 2.24. The van der Waals surface area contributed by atoms with Crippen LogP contribution in [0.3, 0.4) is 0 Å². The topological polar surface area (TPSA) is 64.4 Å². The molecule has 1 aromatic heterocycles. The van der Waals surface area contributed by atoms with Gasteiger partial charge < -0.3 is 14.5 Å². The molecular formula is C20H19FN2O3. The fourth-order valence-electron chi connectivity index (χ4n) is 2.51. The molecule has 0 aliphatic carbocycles. The molecule has 0 aliphatic rings. The van der Waals surface area contributed by atoms with Crippen LogP contribution < -0.4 is 10.1 Å². The van der Waals surface area contributed by atoms with E-state index in [-0.39, 0.29) is 11.7 Å². The molecule has 1 amide bonds. The molecule has 1 heterocycles. The van der Waals surface area contributed by atoms with Gasteiger partial charge in [-0.3, -0.25) is 4.79 Å². The molecule has 0 bridgehead atoms. The third kappa shape index (κ3) is 4.08. The maximum Gasteiger partial charge on any atom is 0.251 e. The van der Waals surface area contributed by atoms with Gasteiger partial charge in [0.2, 0.25) is 5.89 Å². The van der Waals surface area contributed by atoms with Crippen LogP contribution in [0.2, 0.25) is 0 Å². The number of hydrogen-bond acceptors (Lipinski definition) is 4. The lowest BCUT2D eigenvalue weighted by Crippen LogP contribution is -2.25. The summed E-state index contributed by atoms with van der Waals surface area (Å²) in [6.07, 6.45) is 0.540. The number of ether oxygens (including phenoxy) is 1. The molecule has 0 saturated carbocycles. The lowest BCUT2D eigenvalue weighted by Gasteiger charge is -2.04. The average Bonchev–Trinajstić information content (AvgIpc) is 3.03. The van der Waals surface area contributed by atoms with E-state index >= 15 is 0 Å². The van der Waals surface area contributed by atoms with Gasteiger partial charge >= 0.3 is 0 Å². The van der Waals surface area contributed by atoms with Gasteiger partial charge in [0.1, 0.15) is 17.3 Å². The first-order valence-electron chi connectivity index (χ1n) is 8.21. The summed E-state index contributed by atoms with van der Waals surface area (Å²) in [5.74, 6) is 1.39. The van der Waals surface area contributed by atoms with Crippen molar-refractivity contribution in [3.8, 4) is 17.2 Å². The minimum absolute atomic E-state index is 0.249. The Labute approximate surface area is 150 Å². The molecule has 0 unspecified atom stereocenters. The smallest absolute Gasteiger partial charge is 0.251 e. The fraction of sp³-hybridized carbons (Fsp3) is 0.200. The van der Waals surface area contributed by atoms with Crippen LogP contribution in [0.25, 0.3) is 11.5 Å². The Kier molecular flexibility index (Phi) is 5.31. The second-order valence-electron chi connectivity index (χ2n) is 5.76. The van der Waals surface area contributed by atoms with Crippen LogP contribution in [0.4, 0.5) is 4.39 Å². The zero-order valence-corrected chi connectivity index (χ0v) is 14.6. The number of oxazole rings is 1. The van der Waals surface area contributed by atoms with E-state index in [1.165, 1.54) is 24.3 Å². The molecule has 0 atom stereocenters. The van der Waals surface area contributed by atoms with Gasteiger partial charge in [-0.25, -0.2) is 9.37 Å². The third-order valence-corrected chi connectivity index (χ3v) is 3.98. The Morgan fingerprint density at radius 2 is 1.85 bits per heavy atom. The number of carbonyl (C=O) groups is 1. The number of nitrogens with zero attached hydrogens (tertiary/aromatic N) is 1. The van der Waals surface area contributed by atoms with Crippen molar-refractivity contribution in [2.24, 2.45) is 0 Å². The predicted molar refractivity (Wildman–Crippen MR) is 95.7 cm³/mol. The summed E-state index contributed by atoms with van der Waals surface area (Å²) in [5.41, 5.74) is 2.06. The molecule has 5 nitrogen and oxygen atoms in total. The van der Waals surface area contributed by atoms with Gasteiger partial charge in [-0.2, -0.15) is 0 Å². The van der Waals surface area contributed by atoms with Crippen LogP contribution in [0, 0.1) is 12.7 Å². The fourth-order valence-corrected chi connectivity index (χ4v) is 2.51. The molecule has 1 N–H and O–H groups in total. The van der Waals surface area contributed by atoms with Crippen molar-refractivity contribution in [2.75, 3.05) is 13.7 Å². The summed E-state index contributed by atoms with van der Waals surface area (Å²) in [6.45, 7) is 2.25. The Morgan fingerprint density at radius 1 is 1.15 bits per heavy atom. The lowest BCUT2D eigenvalue weighted by atomic mass is 10.2. The number of carbonyl (C=O) groups excluding carboxylic acids is 1. The van der Waals surface area contributed by atoms with E-state index in [0.29, 0.717) is 30.2 Å². The maximum atomic E-state index is 12.9. The van der Waals surface area contributed by atoms with Crippen molar-refractivity contribution in [3.05, 3.63) is 71.4 Å². The molecule has 0 fully saturated rings. The van der Waals surface area contributed by atoms with E-state index in [1.54, 1.807) is 7.11 Å². The number of nitrogens with one attached hydrogen (secondary N) is 1. The second-order valence-corrected chi connectivity index (χ2v) is 5.76. The zero-order valence-electron chi connectivity index (χ0n) is 14.6. The van der Waals surface area contributed by atoms with Crippen LogP contribution in [-0.2, 0) is 6.42 Å². The molecule has 3 aromatic rings. The Hall–Kier alpha value is -3.15. The molecule has 3 rings (SSSR count). The first kappa shape index (κ1) is 17.7. The number of halogens is 1. The number of benzene rings is 2. The Bertz CT molecular complexity index is 886. The molecule has 2 aromatic carbocycles. The average molecular weight is 354 g/mol. The SMILES string of the molecule is COc1ccc(-c2nc(CCNC(=O)c3ccc(F)cc3)c(C)o2)cc1. The van der Waals surface area contributed by atoms with E-state index in [4.69, 9.17) is 9.15 Å². The van der Waals surface area contributed by atoms with E-state index in [0.717, 1.165) is 17.0 Å². The van der Waals surface area contributed by atoms with Crippen molar-refractivity contribution in [3.63, 3.8) is 0 Å². The molecule has 0 spiro atoms. The quantitative estimate of drug-likeness (QED) is 0.732. The Balaban J connectivity index is 1.60. The molecule has 0 radical (unpaired) electrons. The van der Waals surface area contributed by atoms with Gasteiger partial charge in [-0.1, -0.05) is 0 Å². The maximum absolute atomic E-state index is 12.9. The summed E-state index contributed by atoms with van der Waals surface area (Å²) >= 11 is 0. The normalized spacial score (nSPS) is 10.6. The molecular weight excluding hydrogens is 335 g/mol. The van der Waals surface area contributed by atoms with E-state index in [2.05, 4.69) is 10.3 Å². The number of aryl methyl sites for hydroxylation is 1. The summed E-state index contributed by atoms with van der Waals surface area (Å²) in [6, 6.07) is 12.9. The Morgan fingerprint density at radius 3 is 2.50 bits per heavy atom. The molecule has 134 valence electrons. The first-order valence-corrected chi connectivity index (χ1v) is 8.21. The van der Waals surface area contributed by atoms with E-state index < -0.39 is 0 Å². The van der Waals surface area contributed by atoms with Crippen LogP contribution in [0.5, 0.6) is 5.75 Å². The van der Waals surface area contributed by atoms with Gasteiger partial charge in [0.15, 0.2) is 0 Å². The van der Waals surface area contributed by atoms with Gasteiger partial charge in [0.05, 0.1) is 12.8 Å². The molecule has 0 aliphatic heterocycles. The zero-order chi connectivity index (χ0) is 18.5. The van der Waals surface area contributed by atoms with Crippen molar-refractivity contribution in [2.45, 2.75) is 13.3 Å². The summed E-state index contributed by atoms with van der Waals surface area (Å²) < 4.78 is 23.8. The lowest BCUT2D eigenvalue weighted by molar-refractivity contribution is 0.0954. The van der Waals surface area contributed by atoms with Crippen LogP contribution in [0.1, 0.15) is 21.8 Å². The summed E-state index contributed by atoms with van der Waals surface area (Å²) in [5, 5.41) is 2.80. The third-order valence-electron chi connectivity index (χ3n) is 3.98. The van der Waals surface area contributed by atoms with E-state index in [1.807, 2.05) is 31.2 Å². The highest BCUT2D eigenvalue weighted by molar-refractivity contribution is 5.94. The molecule has 26 heavy (non-hydrogen) atoms. The van der Waals surface area contributed by atoms with Crippen LogP contribution in [0.15, 0.2) is 52.9 Å². The van der Waals surface area contributed by atoms with E-state index in [9.17, 15) is 9.18 Å². The minimum Gasteiger partial charge on any atom is -0.497 e. The first-order chi connectivity index (χ1) is 12.6. The number of aromatic nitrogens is 1.